The highest BCUT2D eigenvalue weighted by atomic mass is 79.9. The lowest BCUT2D eigenvalue weighted by molar-refractivity contribution is 0.122. The number of nitrogens with zero attached hydrogens (tertiary/aromatic N) is 2. The molecule has 0 amide bonds. The Bertz CT molecular complexity index is 841. The molecular weight excluding hydrogens is 378 g/mol. The Labute approximate surface area is 147 Å². The van der Waals surface area contributed by atoms with Crippen LogP contribution in [-0.2, 0) is 4.74 Å². The van der Waals surface area contributed by atoms with Crippen molar-refractivity contribution in [2.45, 2.75) is 0 Å². The highest BCUT2D eigenvalue weighted by Crippen LogP contribution is 2.38. The molecule has 0 spiro atoms. The Morgan fingerprint density at radius 2 is 1.91 bits per heavy atom. The van der Waals surface area contributed by atoms with Crippen molar-refractivity contribution in [1.29, 1.82) is 0 Å². The molecule has 1 saturated heterocycles. The van der Waals surface area contributed by atoms with Gasteiger partial charge in [0, 0.05) is 30.4 Å². The molecule has 3 aromatic rings. The summed E-state index contributed by atoms with van der Waals surface area (Å²) in [5, 5.41) is 8.77. The van der Waals surface area contributed by atoms with E-state index in [-0.39, 0.29) is 0 Å². The summed E-state index contributed by atoms with van der Waals surface area (Å²) >= 11 is 10.0. The van der Waals surface area contributed by atoms with Crippen LogP contribution >= 0.6 is 27.5 Å². The van der Waals surface area contributed by atoms with Gasteiger partial charge in [0.05, 0.1) is 22.7 Å². The molecule has 1 fully saturated rings. The number of halogens is 2. The summed E-state index contributed by atoms with van der Waals surface area (Å²) in [4.78, 5) is 2.34. The van der Waals surface area contributed by atoms with Crippen LogP contribution in [0.5, 0.6) is 0 Å². The zero-order chi connectivity index (χ0) is 15.8. The predicted molar refractivity (Wildman–Crippen MR) is 97.3 cm³/mol. The van der Waals surface area contributed by atoms with E-state index in [1.807, 2.05) is 12.3 Å². The van der Waals surface area contributed by atoms with E-state index in [0.717, 1.165) is 52.8 Å². The van der Waals surface area contributed by atoms with Crippen molar-refractivity contribution in [3.05, 3.63) is 46.0 Å². The van der Waals surface area contributed by atoms with Crippen LogP contribution in [0.1, 0.15) is 0 Å². The summed E-state index contributed by atoms with van der Waals surface area (Å²) in [6, 6.07) is 10.5. The monoisotopic (exact) mass is 391 g/mol. The average Bonchev–Trinajstić information content (AvgIpc) is 3.10. The van der Waals surface area contributed by atoms with Crippen molar-refractivity contribution >= 4 is 44.1 Å². The number of fused-ring (bicyclic) bond motifs is 1. The van der Waals surface area contributed by atoms with Crippen LogP contribution in [0, 0.1) is 0 Å². The minimum Gasteiger partial charge on any atom is -0.378 e. The molecular formula is C17H15BrClN3O. The Morgan fingerprint density at radius 3 is 2.65 bits per heavy atom. The number of rotatable bonds is 2. The Morgan fingerprint density at radius 1 is 1.17 bits per heavy atom. The number of hydrogen-bond acceptors (Lipinski definition) is 3. The minimum absolute atomic E-state index is 0.698. The molecule has 1 aromatic heterocycles. The number of hydrogen-bond donors (Lipinski definition) is 1. The number of aromatic nitrogens is 2. The highest BCUT2D eigenvalue weighted by Gasteiger charge is 2.14. The average molecular weight is 393 g/mol. The molecule has 6 heteroatoms. The number of H-pyrrole nitrogens is 1. The summed E-state index contributed by atoms with van der Waals surface area (Å²) < 4.78 is 6.36. The zero-order valence-electron chi connectivity index (χ0n) is 12.4. The maximum absolute atomic E-state index is 6.38. The first-order chi connectivity index (χ1) is 11.2. The van der Waals surface area contributed by atoms with Gasteiger partial charge in [0.2, 0.25) is 0 Å². The van der Waals surface area contributed by atoms with Gasteiger partial charge in [-0.25, -0.2) is 0 Å². The number of benzene rings is 2. The first kappa shape index (κ1) is 15.0. The maximum Gasteiger partial charge on any atom is 0.108 e. The number of aromatic amines is 1. The predicted octanol–water partition coefficient (Wildman–Crippen LogP) is 4.48. The van der Waals surface area contributed by atoms with Crippen LogP contribution in [0.3, 0.4) is 0 Å². The van der Waals surface area contributed by atoms with Crippen LogP contribution in [0.2, 0.25) is 5.02 Å². The van der Waals surface area contributed by atoms with E-state index in [2.05, 4.69) is 55.3 Å². The molecule has 2 heterocycles. The lowest BCUT2D eigenvalue weighted by Crippen LogP contribution is -2.36. The van der Waals surface area contributed by atoms with Crippen molar-refractivity contribution in [2.75, 3.05) is 31.2 Å². The van der Waals surface area contributed by atoms with Gasteiger partial charge in [-0.3, -0.25) is 5.10 Å². The fourth-order valence-corrected chi connectivity index (χ4v) is 3.82. The third kappa shape index (κ3) is 2.73. The maximum atomic E-state index is 6.38. The lowest BCUT2D eigenvalue weighted by atomic mass is 10.0. The van der Waals surface area contributed by atoms with E-state index < -0.39 is 0 Å². The third-order valence-electron chi connectivity index (χ3n) is 4.17. The van der Waals surface area contributed by atoms with Gasteiger partial charge in [-0.1, -0.05) is 23.7 Å². The smallest absolute Gasteiger partial charge is 0.108 e. The van der Waals surface area contributed by atoms with E-state index in [1.165, 1.54) is 5.69 Å². The summed E-state index contributed by atoms with van der Waals surface area (Å²) in [7, 11) is 0. The largest absolute Gasteiger partial charge is 0.378 e. The molecule has 118 valence electrons. The van der Waals surface area contributed by atoms with Crippen LogP contribution in [-0.4, -0.2) is 36.5 Å². The number of nitrogens with one attached hydrogen (secondary N) is 1. The van der Waals surface area contributed by atoms with Crippen molar-refractivity contribution in [2.24, 2.45) is 0 Å². The number of ether oxygens (including phenoxy) is 1. The van der Waals surface area contributed by atoms with E-state index in [0.29, 0.717) is 5.02 Å². The van der Waals surface area contributed by atoms with Gasteiger partial charge in [0.1, 0.15) is 5.52 Å². The second kappa shape index (κ2) is 6.15. The van der Waals surface area contributed by atoms with E-state index in [4.69, 9.17) is 16.3 Å². The van der Waals surface area contributed by atoms with E-state index in [9.17, 15) is 0 Å². The number of morpholine rings is 1. The van der Waals surface area contributed by atoms with E-state index in [1.54, 1.807) is 0 Å². The third-order valence-corrected chi connectivity index (χ3v) is 5.28. The second-order valence-corrected chi connectivity index (χ2v) is 6.71. The quantitative estimate of drug-likeness (QED) is 0.699. The molecule has 1 aliphatic heterocycles. The Hall–Kier alpha value is -1.56. The van der Waals surface area contributed by atoms with Crippen molar-refractivity contribution < 1.29 is 4.74 Å². The highest BCUT2D eigenvalue weighted by molar-refractivity contribution is 9.10. The molecule has 0 unspecified atom stereocenters. The molecule has 0 bridgehead atoms. The molecule has 23 heavy (non-hydrogen) atoms. The van der Waals surface area contributed by atoms with Crippen molar-refractivity contribution in [3.63, 3.8) is 0 Å². The standard InChI is InChI=1S/C17H15BrClN3O/c18-16-13(9-15(19)14-10-20-21-17(14)16)11-1-3-12(4-2-11)22-5-7-23-8-6-22/h1-4,9-10H,5-8H2,(H,20,21). The second-order valence-electron chi connectivity index (χ2n) is 5.51. The van der Waals surface area contributed by atoms with Gasteiger partial charge in [0.15, 0.2) is 0 Å². The first-order valence-corrected chi connectivity index (χ1v) is 8.66. The van der Waals surface area contributed by atoms with Gasteiger partial charge < -0.3 is 9.64 Å². The van der Waals surface area contributed by atoms with Crippen LogP contribution in [0.15, 0.2) is 41.0 Å². The Kier molecular flexibility index (Phi) is 4.01. The fourth-order valence-electron chi connectivity index (χ4n) is 2.92. The van der Waals surface area contributed by atoms with Crippen LogP contribution in [0.25, 0.3) is 22.0 Å². The summed E-state index contributed by atoms with van der Waals surface area (Å²) in [6.45, 7) is 3.46. The molecule has 0 atom stereocenters. The summed E-state index contributed by atoms with van der Waals surface area (Å²) in [6.07, 6.45) is 1.81. The summed E-state index contributed by atoms with van der Waals surface area (Å²) in [5.74, 6) is 0. The molecule has 0 radical (unpaired) electrons. The lowest BCUT2D eigenvalue weighted by Gasteiger charge is -2.29. The molecule has 4 rings (SSSR count). The Balaban J connectivity index is 1.72. The zero-order valence-corrected chi connectivity index (χ0v) is 14.7. The SMILES string of the molecule is Clc1cc(-c2ccc(N3CCOCC3)cc2)c(Br)c2n[nH]cc12. The van der Waals surface area contributed by atoms with Crippen LogP contribution < -0.4 is 4.90 Å². The molecule has 2 aromatic carbocycles. The van der Waals surface area contributed by atoms with Gasteiger partial charge >= 0.3 is 0 Å². The molecule has 4 nitrogen and oxygen atoms in total. The normalized spacial score (nSPS) is 15.3. The topological polar surface area (TPSA) is 41.1 Å². The van der Waals surface area contributed by atoms with Crippen molar-refractivity contribution in [3.8, 4) is 11.1 Å². The van der Waals surface area contributed by atoms with Gasteiger partial charge in [-0.15, -0.1) is 0 Å². The van der Waals surface area contributed by atoms with Gasteiger partial charge in [0.25, 0.3) is 0 Å². The molecule has 1 aliphatic rings. The molecule has 0 aliphatic carbocycles. The van der Waals surface area contributed by atoms with Gasteiger partial charge in [-0.2, -0.15) is 5.10 Å². The summed E-state index contributed by atoms with van der Waals surface area (Å²) in [5.41, 5.74) is 4.23. The fraction of sp³-hybridized carbons (Fsp3) is 0.235. The van der Waals surface area contributed by atoms with E-state index >= 15 is 0 Å². The number of anilines is 1. The first-order valence-electron chi connectivity index (χ1n) is 7.48. The van der Waals surface area contributed by atoms with Gasteiger partial charge in [-0.05, 0) is 45.3 Å². The molecule has 1 N–H and O–H groups in total. The van der Waals surface area contributed by atoms with Crippen molar-refractivity contribution in [1.82, 2.24) is 10.2 Å². The minimum atomic E-state index is 0.698. The molecule has 0 saturated carbocycles. The van der Waals surface area contributed by atoms with Crippen LogP contribution in [0.4, 0.5) is 5.69 Å².